The van der Waals surface area contributed by atoms with E-state index in [-0.39, 0.29) is 12.7 Å². The van der Waals surface area contributed by atoms with Gasteiger partial charge in [0.25, 0.3) is 0 Å². The molecule has 0 unspecified atom stereocenters. The number of aldehydes is 1. The first-order valence-electron chi connectivity index (χ1n) is 2.37. The van der Waals surface area contributed by atoms with E-state index in [2.05, 4.69) is 0 Å². The van der Waals surface area contributed by atoms with E-state index in [1.165, 1.54) is 0 Å². The summed E-state index contributed by atoms with van der Waals surface area (Å²) < 4.78 is 0. The molecule has 3 nitrogen and oxygen atoms in total. The molecule has 0 saturated heterocycles. The molecule has 2 N–H and O–H groups in total. The molecule has 0 aromatic rings. The highest BCUT2D eigenvalue weighted by molar-refractivity contribution is 5.49. The van der Waals surface area contributed by atoms with Crippen LogP contribution in [0.3, 0.4) is 0 Å². The minimum absolute atomic E-state index is 0.167. The van der Waals surface area contributed by atoms with E-state index in [1.54, 1.807) is 13.8 Å². The maximum Gasteiger partial charge on any atom is 0.145 e. The van der Waals surface area contributed by atoms with Gasteiger partial charge in [0.15, 0.2) is 0 Å². The van der Waals surface area contributed by atoms with Gasteiger partial charge in [0.05, 0.1) is 6.61 Å². The number of aliphatic hydroxyl groups excluding tert-OH is 2. The van der Waals surface area contributed by atoms with Crippen molar-refractivity contribution in [3.05, 3.63) is 0 Å². The van der Waals surface area contributed by atoms with Crippen molar-refractivity contribution in [2.24, 2.45) is 0 Å². The molecule has 0 aromatic heterocycles. The Balaban J connectivity index is 0. The fourth-order valence-corrected chi connectivity index (χ4v) is 0. The number of hydrogen-bond donors (Lipinski definition) is 2. The van der Waals surface area contributed by atoms with Crippen molar-refractivity contribution in [1.82, 2.24) is 0 Å². The third-order valence-corrected chi connectivity index (χ3v) is 0.0745. The summed E-state index contributed by atoms with van der Waals surface area (Å²) in [5.74, 6) is 0. The van der Waals surface area contributed by atoms with E-state index in [9.17, 15) is 0 Å². The standard InChI is InChI=1S/C3H8O.C2H4O2/c1-3(2)4;3-1-2-4/h3-4H,1-2H3;1,4H,2H2. The van der Waals surface area contributed by atoms with Crippen molar-refractivity contribution < 1.29 is 15.0 Å². The number of carbonyl (C=O) groups is 1. The Hall–Kier alpha value is -0.410. The van der Waals surface area contributed by atoms with Crippen molar-refractivity contribution in [3.63, 3.8) is 0 Å². The Bertz CT molecular complexity index is 40.2. The molecule has 3 heteroatoms. The van der Waals surface area contributed by atoms with Gasteiger partial charge in [-0.05, 0) is 13.8 Å². The number of rotatable bonds is 1. The Morgan fingerprint density at radius 3 is 1.75 bits per heavy atom. The van der Waals surface area contributed by atoms with E-state index in [4.69, 9.17) is 15.0 Å². The Morgan fingerprint density at radius 2 is 1.75 bits per heavy atom. The van der Waals surface area contributed by atoms with Crippen LogP contribution in [-0.4, -0.2) is 29.2 Å². The molecule has 0 aromatic carbocycles. The molecule has 0 bridgehead atoms. The van der Waals surface area contributed by atoms with Crippen LogP contribution in [-0.2, 0) is 4.79 Å². The van der Waals surface area contributed by atoms with Gasteiger partial charge in [-0.3, -0.25) is 0 Å². The molecule has 0 amide bonds. The van der Waals surface area contributed by atoms with Crippen LogP contribution in [0.1, 0.15) is 13.8 Å². The highest BCUT2D eigenvalue weighted by atomic mass is 16.3. The van der Waals surface area contributed by atoms with Crippen LogP contribution in [0.25, 0.3) is 0 Å². The van der Waals surface area contributed by atoms with Gasteiger partial charge in [-0.1, -0.05) is 0 Å². The van der Waals surface area contributed by atoms with Crippen LogP contribution in [0.15, 0.2) is 0 Å². The Morgan fingerprint density at radius 1 is 1.62 bits per heavy atom. The molecule has 8 heavy (non-hydrogen) atoms. The minimum atomic E-state index is -0.361. The zero-order chi connectivity index (χ0) is 6.99. The van der Waals surface area contributed by atoms with Gasteiger partial charge in [-0.25, -0.2) is 0 Å². The summed E-state index contributed by atoms with van der Waals surface area (Å²) in [5.41, 5.74) is 0. The summed E-state index contributed by atoms with van der Waals surface area (Å²) in [6.45, 7) is 3.08. The van der Waals surface area contributed by atoms with Crippen LogP contribution in [0, 0.1) is 0 Å². The summed E-state index contributed by atoms with van der Waals surface area (Å²) >= 11 is 0. The maximum absolute atomic E-state index is 8.92. The molecular weight excluding hydrogens is 108 g/mol. The molecule has 0 atom stereocenters. The lowest BCUT2D eigenvalue weighted by Crippen LogP contribution is -1.85. The third kappa shape index (κ3) is 338. The Kier molecular flexibility index (Phi) is 12.9. The van der Waals surface area contributed by atoms with Gasteiger partial charge in [-0.15, -0.1) is 0 Å². The highest BCUT2D eigenvalue weighted by Crippen LogP contribution is 1.65. The summed E-state index contributed by atoms with van der Waals surface area (Å²) in [5, 5.41) is 15.6. The van der Waals surface area contributed by atoms with E-state index < -0.39 is 0 Å². The first kappa shape index (κ1) is 10.5. The molecule has 0 saturated carbocycles. The van der Waals surface area contributed by atoms with E-state index >= 15 is 0 Å². The summed E-state index contributed by atoms with van der Waals surface area (Å²) in [6.07, 6.45) is 0.264. The van der Waals surface area contributed by atoms with Crippen molar-refractivity contribution in [2.75, 3.05) is 6.61 Å². The molecule has 0 fully saturated rings. The molecule has 0 spiro atoms. The minimum Gasteiger partial charge on any atom is -0.394 e. The first-order chi connectivity index (χ1) is 3.65. The lowest BCUT2D eigenvalue weighted by molar-refractivity contribution is -0.110. The van der Waals surface area contributed by atoms with Gasteiger partial charge in [-0.2, -0.15) is 0 Å². The van der Waals surface area contributed by atoms with Crippen LogP contribution < -0.4 is 0 Å². The SMILES string of the molecule is CC(C)O.O=CCO. The molecule has 0 aliphatic heterocycles. The lowest BCUT2D eigenvalue weighted by atomic mass is 10.5. The number of hydrogen-bond acceptors (Lipinski definition) is 3. The second-order valence-corrected chi connectivity index (χ2v) is 1.44. The zero-order valence-corrected chi connectivity index (χ0v) is 5.16. The number of carbonyl (C=O) groups excluding carboxylic acids is 1. The second kappa shape index (κ2) is 9.77. The first-order valence-corrected chi connectivity index (χ1v) is 2.37. The van der Waals surface area contributed by atoms with Crippen LogP contribution in [0.2, 0.25) is 0 Å². The fraction of sp³-hybridized carbons (Fsp3) is 0.800. The quantitative estimate of drug-likeness (QED) is 0.461. The van der Waals surface area contributed by atoms with E-state index in [0.29, 0.717) is 6.29 Å². The molecule has 50 valence electrons. The van der Waals surface area contributed by atoms with Gasteiger partial charge >= 0.3 is 0 Å². The molecule has 0 radical (unpaired) electrons. The van der Waals surface area contributed by atoms with Crippen molar-refractivity contribution in [1.29, 1.82) is 0 Å². The van der Waals surface area contributed by atoms with E-state index in [0.717, 1.165) is 0 Å². The predicted octanol–water partition coefficient (Wildman–Crippen LogP) is -0.435. The fourth-order valence-electron chi connectivity index (χ4n) is 0. The highest BCUT2D eigenvalue weighted by Gasteiger charge is 1.69. The van der Waals surface area contributed by atoms with Crippen LogP contribution in [0.4, 0.5) is 0 Å². The van der Waals surface area contributed by atoms with Crippen molar-refractivity contribution in [2.45, 2.75) is 20.0 Å². The summed E-state index contributed by atoms with van der Waals surface area (Å²) in [7, 11) is 0. The smallest absolute Gasteiger partial charge is 0.145 e. The van der Waals surface area contributed by atoms with Crippen molar-refractivity contribution >= 4 is 6.29 Å². The molecule has 0 aliphatic carbocycles. The molecule has 0 rings (SSSR count). The average Bonchev–Trinajstić information content (AvgIpc) is 1.65. The van der Waals surface area contributed by atoms with Gasteiger partial charge in [0.1, 0.15) is 6.29 Å². The predicted molar refractivity (Wildman–Crippen MR) is 30.5 cm³/mol. The maximum atomic E-state index is 8.92. The Labute approximate surface area is 49.0 Å². The second-order valence-electron chi connectivity index (χ2n) is 1.44. The molecule has 0 heterocycles. The van der Waals surface area contributed by atoms with Crippen molar-refractivity contribution in [3.8, 4) is 0 Å². The van der Waals surface area contributed by atoms with E-state index in [1.807, 2.05) is 0 Å². The van der Waals surface area contributed by atoms with Gasteiger partial charge in [0, 0.05) is 6.10 Å². The normalized spacial score (nSPS) is 7.62. The summed E-state index contributed by atoms with van der Waals surface area (Å²) in [6, 6.07) is 0. The molecular formula is C5H12O3. The third-order valence-electron chi connectivity index (χ3n) is 0.0745. The van der Waals surface area contributed by atoms with Gasteiger partial charge in [0.2, 0.25) is 0 Å². The van der Waals surface area contributed by atoms with Crippen LogP contribution in [0.5, 0.6) is 0 Å². The molecule has 0 aliphatic rings. The monoisotopic (exact) mass is 120 g/mol. The lowest BCUT2D eigenvalue weighted by Gasteiger charge is -1.80. The summed E-state index contributed by atoms with van der Waals surface area (Å²) in [4.78, 5) is 8.92. The zero-order valence-electron chi connectivity index (χ0n) is 5.16. The topological polar surface area (TPSA) is 57.5 Å². The average molecular weight is 120 g/mol. The largest absolute Gasteiger partial charge is 0.394 e. The number of aliphatic hydroxyl groups is 2. The van der Waals surface area contributed by atoms with Gasteiger partial charge < -0.3 is 15.0 Å². The van der Waals surface area contributed by atoms with Crippen LogP contribution >= 0.6 is 0 Å².